The highest BCUT2D eigenvalue weighted by atomic mass is 16.3. The van der Waals surface area contributed by atoms with E-state index in [1.807, 2.05) is 18.2 Å². The Balaban J connectivity index is 3.24. The highest BCUT2D eigenvalue weighted by molar-refractivity contribution is 5.43. The second-order valence-corrected chi connectivity index (χ2v) is 4.27. The first kappa shape index (κ1) is 10.1. The van der Waals surface area contributed by atoms with E-state index in [0.717, 1.165) is 11.1 Å². The fourth-order valence-corrected chi connectivity index (χ4v) is 1.36. The van der Waals surface area contributed by atoms with Crippen molar-refractivity contribution in [3.63, 3.8) is 0 Å². The second kappa shape index (κ2) is 3.38. The maximum Gasteiger partial charge on any atom is 0.123 e. The molecular weight excluding hydrogens is 162 g/mol. The summed E-state index contributed by atoms with van der Waals surface area (Å²) in [5.74, 6) is 0.345. The summed E-state index contributed by atoms with van der Waals surface area (Å²) in [5, 5.41) is 9.84. The maximum absolute atomic E-state index is 9.84. The van der Waals surface area contributed by atoms with Gasteiger partial charge in [-0.05, 0) is 11.0 Å². The first-order valence-electron chi connectivity index (χ1n) is 4.48. The molecule has 0 spiro atoms. The molecule has 72 valence electrons. The third-order valence-corrected chi connectivity index (χ3v) is 2.15. The van der Waals surface area contributed by atoms with Crippen molar-refractivity contribution in [2.45, 2.75) is 32.7 Å². The fourth-order valence-electron chi connectivity index (χ4n) is 1.36. The molecule has 0 bridgehead atoms. The largest absolute Gasteiger partial charge is 0.507 e. The predicted molar refractivity (Wildman–Crippen MR) is 54.7 cm³/mol. The Kier molecular flexibility index (Phi) is 2.62. The van der Waals surface area contributed by atoms with Gasteiger partial charge in [0.2, 0.25) is 0 Å². The van der Waals surface area contributed by atoms with Crippen molar-refractivity contribution in [3.05, 3.63) is 29.3 Å². The molecule has 0 amide bonds. The van der Waals surface area contributed by atoms with Crippen LogP contribution in [0.1, 0.15) is 31.9 Å². The van der Waals surface area contributed by atoms with Crippen LogP contribution in [0.4, 0.5) is 0 Å². The molecule has 1 rings (SSSR count). The second-order valence-electron chi connectivity index (χ2n) is 4.27. The zero-order valence-electron chi connectivity index (χ0n) is 8.46. The minimum Gasteiger partial charge on any atom is -0.507 e. The smallest absolute Gasteiger partial charge is 0.123 e. The molecule has 0 radical (unpaired) electrons. The average Bonchev–Trinajstić information content (AvgIpc) is 2.02. The molecule has 2 nitrogen and oxygen atoms in total. The Hall–Kier alpha value is -1.02. The van der Waals surface area contributed by atoms with Gasteiger partial charge in [0.1, 0.15) is 5.75 Å². The van der Waals surface area contributed by atoms with Crippen LogP contribution in [0, 0.1) is 0 Å². The van der Waals surface area contributed by atoms with Crippen molar-refractivity contribution in [2.24, 2.45) is 5.73 Å². The van der Waals surface area contributed by atoms with Gasteiger partial charge in [0.25, 0.3) is 0 Å². The van der Waals surface area contributed by atoms with E-state index in [4.69, 9.17) is 5.73 Å². The van der Waals surface area contributed by atoms with Crippen molar-refractivity contribution >= 4 is 0 Å². The number of phenols is 1. The minimum absolute atomic E-state index is 0.0325. The number of hydrogen-bond acceptors (Lipinski definition) is 2. The van der Waals surface area contributed by atoms with E-state index in [1.54, 1.807) is 0 Å². The first-order valence-corrected chi connectivity index (χ1v) is 4.48. The highest BCUT2D eigenvalue weighted by Crippen LogP contribution is 2.32. The normalized spacial score (nSPS) is 11.7. The number of rotatable bonds is 1. The van der Waals surface area contributed by atoms with Crippen molar-refractivity contribution in [1.82, 2.24) is 0 Å². The molecular formula is C11H17NO. The van der Waals surface area contributed by atoms with Crippen LogP contribution in [-0.4, -0.2) is 5.11 Å². The number of benzene rings is 1. The van der Waals surface area contributed by atoms with Gasteiger partial charge >= 0.3 is 0 Å². The number of hydrogen-bond donors (Lipinski definition) is 2. The van der Waals surface area contributed by atoms with Crippen molar-refractivity contribution in [3.8, 4) is 5.75 Å². The SMILES string of the molecule is CC(C)(C)c1cccc(CN)c1O. The Labute approximate surface area is 79.4 Å². The summed E-state index contributed by atoms with van der Waals surface area (Å²) in [6.07, 6.45) is 0. The van der Waals surface area contributed by atoms with Gasteiger partial charge in [-0.1, -0.05) is 39.0 Å². The zero-order chi connectivity index (χ0) is 10.1. The van der Waals surface area contributed by atoms with E-state index in [-0.39, 0.29) is 5.41 Å². The van der Waals surface area contributed by atoms with Crippen molar-refractivity contribution < 1.29 is 5.11 Å². The topological polar surface area (TPSA) is 46.2 Å². The summed E-state index contributed by atoms with van der Waals surface area (Å²) >= 11 is 0. The fraction of sp³-hybridized carbons (Fsp3) is 0.455. The van der Waals surface area contributed by atoms with Gasteiger partial charge in [-0.25, -0.2) is 0 Å². The number of nitrogens with two attached hydrogens (primary N) is 1. The van der Waals surface area contributed by atoms with Gasteiger partial charge in [-0.2, -0.15) is 0 Å². The molecule has 13 heavy (non-hydrogen) atoms. The third-order valence-electron chi connectivity index (χ3n) is 2.15. The summed E-state index contributed by atoms with van der Waals surface area (Å²) in [6, 6.07) is 5.72. The number of para-hydroxylation sites is 1. The van der Waals surface area contributed by atoms with Gasteiger partial charge in [0.15, 0.2) is 0 Å². The van der Waals surface area contributed by atoms with Crippen LogP contribution in [0.2, 0.25) is 0 Å². The monoisotopic (exact) mass is 179 g/mol. The van der Waals surface area contributed by atoms with Gasteiger partial charge in [0, 0.05) is 12.1 Å². The lowest BCUT2D eigenvalue weighted by Gasteiger charge is -2.21. The van der Waals surface area contributed by atoms with E-state index in [0.29, 0.717) is 12.3 Å². The molecule has 3 N–H and O–H groups in total. The van der Waals surface area contributed by atoms with Crippen LogP contribution in [0.5, 0.6) is 5.75 Å². The summed E-state index contributed by atoms with van der Waals surface area (Å²) in [7, 11) is 0. The molecule has 0 aliphatic carbocycles. The van der Waals surface area contributed by atoms with Crippen LogP contribution >= 0.6 is 0 Å². The lowest BCUT2D eigenvalue weighted by atomic mass is 9.85. The lowest BCUT2D eigenvalue weighted by molar-refractivity contribution is 0.440. The molecule has 0 aliphatic rings. The molecule has 0 aliphatic heterocycles. The Morgan fingerprint density at radius 1 is 1.31 bits per heavy atom. The molecule has 0 fully saturated rings. The zero-order valence-corrected chi connectivity index (χ0v) is 8.46. The molecule has 0 saturated heterocycles. The van der Waals surface area contributed by atoms with Crippen LogP contribution in [0.3, 0.4) is 0 Å². The molecule has 0 aromatic heterocycles. The Morgan fingerprint density at radius 3 is 2.38 bits per heavy atom. The van der Waals surface area contributed by atoms with E-state index in [1.165, 1.54) is 0 Å². The average molecular weight is 179 g/mol. The van der Waals surface area contributed by atoms with Crippen molar-refractivity contribution in [1.29, 1.82) is 0 Å². The summed E-state index contributed by atoms with van der Waals surface area (Å²) in [6.45, 7) is 6.60. The van der Waals surface area contributed by atoms with E-state index in [9.17, 15) is 5.11 Å². The molecule has 0 saturated carbocycles. The standard InChI is InChI=1S/C11H17NO/c1-11(2,3)9-6-4-5-8(7-12)10(9)13/h4-6,13H,7,12H2,1-3H3. The van der Waals surface area contributed by atoms with Crippen LogP contribution < -0.4 is 5.73 Å². The number of aromatic hydroxyl groups is 1. The highest BCUT2D eigenvalue weighted by Gasteiger charge is 2.18. The predicted octanol–water partition coefficient (Wildman–Crippen LogP) is 2.15. The summed E-state index contributed by atoms with van der Waals surface area (Å²) in [5.41, 5.74) is 7.24. The summed E-state index contributed by atoms with van der Waals surface area (Å²) < 4.78 is 0. The lowest BCUT2D eigenvalue weighted by Crippen LogP contribution is -2.12. The first-order chi connectivity index (χ1) is 5.96. The van der Waals surface area contributed by atoms with Crippen LogP contribution in [-0.2, 0) is 12.0 Å². The molecule has 1 aromatic rings. The van der Waals surface area contributed by atoms with Gasteiger partial charge in [0.05, 0.1) is 0 Å². The Bertz CT molecular complexity index is 299. The Morgan fingerprint density at radius 2 is 1.92 bits per heavy atom. The van der Waals surface area contributed by atoms with Crippen molar-refractivity contribution in [2.75, 3.05) is 0 Å². The number of phenolic OH excluding ortho intramolecular Hbond substituents is 1. The van der Waals surface area contributed by atoms with E-state index < -0.39 is 0 Å². The van der Waals surface area contributed by atoms with Gasteiger partial charge in [-0.3, -0.25) is 0 Å². The van der Waals surface area contributed by atoms with Crippen LogP contribution in [0.25, 0.3) is 0 Å². The molecule has 2 heteroatoms. The molecule has 0 heterocycles. The maximum atomic E-state index is 9.84. The summed E-state index contributed by atoms with van der Waals surface area (Å²) in [4.78, 5) is 0. The molecule has 0 unspecified atom stereocenters. The quantitative estimate of drug-likeness (QED) is 0.694. The molecule has 1 aromatic carbocycles. The van der Waals surface area contributed by atoms with E-state index >= 15 is 0 Å². The van der Waals surface area contributed by atoms with Gasteiger partial charge in [-0.15, -0.1) is 0 Å². The van der Waals surface area contributed by atoms with Crippen LogP contribution in [0.15, 0.2) is 18.2 Å². The third kappa shape index (κ3) is 2.01. The molecule has 0 atom stereocenters. The van der Waals surface area contributed by atoms with E-state index in [2.05, 4.69) is 20.8 Å². The minimum atomic E-state index is -0.0325. The van der Waals surface area contributed by atoms with Gasteiger partial charge < -0.3 is 10.8 Å².